The molecule has 1 aromatic carbocycles. The van der Waals surface area contributed by atoms with Gasteiger partial charge in [0.05, 0.1) is 4.90 Å². The molecule has 0 saturated heterocycles. The lowest BCUT2D eigenvalue weighted by Crippen LogP contribution is -2.33. The van der Waals surface area contributed by atoms with Crippen LogP contribution in [0, 0.1) is 0 Å². The monoisotopic (exact) mass is 361 g/mol. The number of benzene rings is 1. The van der Waals surface area contributed by atoms with E-state index in [1.165, 1.54) is 8.94 Å². The van der Waals surface area contributed by atoms with E-state index in [9.17, 15) is 8.42 Å². The number of rotatable bonds is 6. The zero-order valence-electron chi connectivity index (χ0n) is 14.2. The lowest BCUT2D eigenvalue weighted by molar-refractivity contribution is 0.410. The van der Waals surface area contributed by atoms with Crippen LogP contribution in [0.3, 0.4) is 0 Å². The summed E-state index contributed by atoms with van der Waals surface area (Å²) in [6, 6.07) is 10.2. The summed E-state index contributed by atoms with van der Waals surface area (Å²) < 4.78 is 27.6. The first-order valence-electron chi connectivity index (χ1n) is 7.74. The SMILES string of the molecule is CC(C)N(C)S(=O)(=O)c1ccc(CNc2ccc3nnnn3n2)cc1. The third-order valence-corrected chi connectivity index (χ3v) is 5.92. The van der Waals surface area contributed by atoms with Crippen LogP contribution in [0.25, 0.3) is 5.65 Å². The number of hydrogen-bond donors (Lipinski definition) is 1. The van der Waals surface area contributed by atoms with Crippen molar-refractivity contribution in [2.75, 3.05) is 12.4 Å². The van der Waals surface area contributed by atoms with Crippen LogP contribution in [-0.2, 0) is 16.6 Å². The van der Waals surface area contributed by atoms with Gasteiger partial charge in [0, 0.05) is 19.6 Å². The summed E-state index contributed by atoms with van der Waals surface area (Å²) >= 11 is 0. The van der Waals surface area contributed by atoms with Crippen LogP contribution in [0.2, 0.25) is 0 Å². The highest BCUT2D eigenvalue weighted by atomic mass is 32.2. The van der Waals surface area contributed by atoms with Gasteiger partial charge in [0.15, 0.2) is 5.65 Å². The molecular weight excluding hydrogens is 342 g/mol. The van der Waals surface area contributed by atoms with Crippen molar-refractivity contribution in [1.82, 2.24) is 29.6 Å². The van der Waals surface area contributed by atoms with E-state index >= 15 is 0 Å². The fourth-order valence-electron chi connectivity index (χ4n) is 2.16. The first-order valence-corrected chi connectivity index (χ1v) is 9.18. The highest BCUT2D eigenvalue weighted by Gasteiger charge is 2.22. The second-order valence-electron chi connectivity index (χ2n) is 5.86. The fraction of sp³-hybridized carbons (Fsp3) is 0.333. The smallest absolute Gasteiger partial charge is 0.243 e. The van der Waals surface area contributed by atoms with E-state index in [1.54, 1.807) is 43.4 Å². The molecular formula is C15H19N7O2S. The van der Waals surface area contributed by atoms with Crippen molar-refractivity contribution < 1.29 is 8.42 Å². The average molecular weight is 361 g/mol. The van der Waals surface area contributed by atoms with Crippen LogP contribution in [0.4, 0.5) is 5.82 Å². The Morgan fingerprint density at radius 1 is 1.16 bits per heavy atom. The minimum Gasteiger partial charge on any atom is -0.365 e. The quantitative estimate of drug-likeness (QED) is 0.702. The van der Waals surface area contributed by atoms with Gasteiger partial charge in [-0.25, -0.2) is 8.42 Å². The Balaban J connectivity index is 1.70. The molecule has 0 atom stereocenters. The van der Waals surface area contributed by atoms with Crippen molar-refractivity contribution >= 4 is 21.5 Å². The Bertz CT molecular complexity index is 967. The highest BCUT2D eigenvalue weighted by molar-refractivity contribution is 7.89. The molecule has 0 fully saturated rings. The summed E-state index contributed by atoms with van der Waals surface area (Å²) in [6.07, 6.45) is 0. The van der Waals surface area contributed by atoms with Crippen LogP contribution in [0.15, 0.2) is 41.3 Å². The molecule has 0 unspecified atom stereocenters. The first-order chi connectivity index (χ1) is 11.9. The third-order valence-electron chi connectivity index (χ3n) is 3.87. The molecule has 0 aliphatic heterocycles. The maximum Gasteiger partial charge on any atom is 0.243 e. The molecule has 2 aromatic heterocycles. The van der Waals surface area contributed by atoms with Crippen molar-refractivity contribution in [3.05, 3.63) is 42.0 Å². The molecule has 3 rings (SSSR count). The molecule has 2 heterocycles. The number of nitrogens with zero attached hydrogens (tertiary/aromatic N) is 6. The maximum absolute atomic E-state index is 12.4. The second kappa shape index (κ2) is 6.73. The minimum absolute atomic E-state index is 0.0985. The van der Waals surface area contributed by atoms with Gasteiger partial charge in [-0.05, 0) is 54.1 Å². The number of fused-ring (bicyclic) bond motifs is 1. The molecule has 25 heavy (non-hydrogen) atoms. The van der Waals surface area contributed by atoms with Gasteiger partial charge < -0.3 is 5.32 Å². The molecule has 10 heteroatoms. The van der Waals surface area contributed by atoms with Crippen LogP contribution in [0.1, 0.15) is 19.4 Å². The predicted molar refractivity (Wildman–Crippen MR) is 92.4 cm³/mol. The summed E-state index contributed by atoms with van der Waals surface area (Å²) in [6.45, 7) is 4.18. The zero-order chi connectivity index (χ0) is 18.0. The molecule has 0 aliphatic rings. The number of nitrogens with one attached hydrogen (secondary N) is 1. The lowest BCUT2D eigenvalue weighted by Gasteiger charge is -2.21. The number of aromatic nitrogens is 5. The minimum atomic E-state index is -3.46. The van der Waals surface area contributed by atoms with E-state index in [4.69, 9.17) is 0 Å². The van der Waals surface area contributed by atoms with E-state index in [2.05, 4.69) is 25.9 Å². The normalized spacial score (nSPS) is 12.2. The Morgan fingerprint density at radius 2 is 1.88 bits per heavy atom. The topological polar surface area (TPSA) is 105 Å². The van der Waals surface area contributed by atoms with E-state index < -0.39 is 10.0 Å². The molecule has 0 aliphatic carbocycles. The van der Waals surface area contributed by atoms with Gasteiger partial charge in [0.2, 0.25) is 10.0 Å². The molecule has 0 bridgehead atoms. The van der Waals surface area contributed by atoms with Gasteiger partial charge in [-0.3, -0.25) is 0 Å². The van der Waals surface area contributed by atoms with Gasteiger partial charge in [0.1, 0.15) is 5.82 Å². The number of tetrazole rings is 1. The molecule has 0 saturated carbocycles. The van der Waals surface area contributed by atoms with Gasteiger partial charge in [0.25, 0.3) is 0 Å². The summed E-state index contributed by atoms with van der Waals surface area (Å²) in [5.74, 6) is 0.621. The van der Waals surface area contributed by atoms with Crippen LogP contribution < -0.4 is 5.32 Å². The molecule has 3 aromatic rings. The lowest BCUT2D eigenvalue weighted by atomic mass is 10.2. The summed E-state index contributed by atoms with van der Waals surface area (Å²) in [5, 5.41) is 18.4. The van der Waals surface area contributed by atoms with Crippen molar-refractivity contribution in [2.24, 2.45) is 0 Å². The Labute approximate surface area is 145 Å². The molecule has 9 nitrogen and oxygen atoms in total. The third kappa shape index (κ3) is 3.59. The fourth-order valence-corrected chi connectivity index (χ4v) is 3.53. The number of hydrogen-bond acceptors (Lipinski definition) is 7. The molecule has 0 spiro atoms. The van der Waals surface area contributed by atoms with Crippen LogP contribution >= 0.6 is 0 Å². The standard InChI is InChI=1S/C15H19N7O2S/c1-11(2)21(3)25(23,24)13-6-4-12(5-7-13)10-16-14-8-9-15-17-19-20-22(15)18-14/h4-9,11H,10H2,1-3H3,(H,16,18). The van der Waals surface area contributed by atoms with Gasteiger partial charge in [-0.1, -0.05) is 12.1 Å². The molecule has 0 radical (unpaired) electrons. The van der Waals surface area contributed by atoms with E-state index in [0.717, 1.165) is 5.56 Å². The molecule has 132 valence electrons. The number of anilines is 1. The predicted octanol–water partition coefficient (Wildman–Crippen LogP) is 1.16. The van der Waals surface area contributed by atoms with Crippen LogP contribution in [0.5, 0.6) is 0 Å². The van der Waals surface area contributed by atoms with Crippen molar-refractivity contribution in [3.8, 4) is 0 Å². The molecule has 0 amide bonds. The van der Waals surface area contributed by atoms with Gasteiger partial charge >= 0.3 is 0 Å². The van der Waals surface area contributed by atoms with Gasteiger partial charge in [-0.2, -0.15) is 4.31 Å². The average Bonchev–Trinajstić information content (AvgIpc) is 3.07. The highest BCUT2D eigenvalue weighted by Crippen LogP contribution is 2.17. The first kappa shape index (κ1) is 17.2. The summed E-state index contributed by atoms with van der Waals surface area (Å²) in [7, 11) is -1.89. The largest absolute Gasteiger partial charge is 0.365 e. The van der Waals surface area contributed by atoms with E-state index in [-0.39, 0.29) is 10.9 Å². The Morgan fingerprint density at radius 3 is 2.56 bits per heavy atom. The maximum atomic E-state index is 12.4. The van der Waals surface area contributed by atoms with Crippen LogP contribution in [-0.4, -0.2) is 51.1 Å². The van der Waals surface area contributed by atoms with E-state index in [0.29, 0.717) is 18.0 Å². The Hall–Kier alpha value is -2.59. The molecule has 1 N–H and O–H groups in total. The van der Waals surface area contributed by atoms with Crippen molar-refractivity contribution in [2.45, 2.75) is 31.3 Å². The van der Waals surface area contributed by atoms with Crippen molar-refractivity contribution in [3.63, 3.8) is 0 Å². The second-order valence-corrected chi connectivity index (χ2v) is 7.86. The Kier molecular flexibility index (Phi) is 4.64. The van der Waals surface area contributed by atoms with Gasteiger partial charge in [-0.15, -0.1) is 14.8 Å². The zero-order valence-corrected chi connectivity index (χ0v) is 15.0. The summed E-state index contributed by atoms with van der Waals surface area (Å²) in [5.41, 5.74) is 1.50. The van der Waals surface area contributed by atoms with E-state index in [1.807, 2.05) is 13.8 Å². The van der Waals surface area contributed by atoms with Crippen molar-refractivity contribution in [1.29, 1.82) is 0 Å². The number of sulfonamides is 1. The summed E-state index contributed by atoms with van der Waals surface area (Å²) in [4.78, 5) is 0.278.